The van der Waals surface area contributed by atoms with Gasteiger partial charge in [0.2, 0.25) is 5.91 Å². The molecule has 0 radical (unpaired) electrons. The Morgan fingerprint density at radius 1 is 1.60 bits per heavy atom. The van der Waals surface area contributed by atoms with Gasteiger partial charge < -0.3 is 10.6 Å². The van der Waals surface area contributed by atoms with Crippen LogP contribution in [-0.4, -0.2) is 19.0 Å². The number of hydrogen-bond donors (Lipinski definition) is 2. The first-order chi connectivity index (χ1) is 9.19. The number of halogens is 2. The van der Waals surface area contributed by atoms with E-state index in [0.29, 0.717) is 12.3 Å². The summed E-state index contributed by atoms with van der Waals surface area (Å²) in [7, 11) is 0. The normalized spacial score (nSPS) is 19.4. The predicted molar refractivity (Wildman–Crippen MR) is 88.0 cm³/mol. The zero-order valence-corrected chi connectivity index (χ0v) is 14.0. The molecule has 1 aromatic heterocycles. The Morgan fingerprint density at radius 2 is 2.40 bits per heavy atom. The zero-order chi connectivity index (χ0) is 13.7. The van der Waals surface area contributed by atoms with E-state index in [2.05, 4.69) is 17.6 Å². The van der Waals surface area contributed by atoms with Crippen molar-refractivity contribution in [1.82, 2.24) is 10.6 Å². The Balaban J connectivity index is 0.00000200. The lowest BCUT2D eigenvalue weighted by Crippen LogP contribution is -2.28. The highest BCUT2D eigenvalue weighted by atomic mass is 35.5. The molecule has 0 spiro atoms. The fraction of sp³-hybridized carbons (Fsp3) is 0.643. The van der Waals surface area contributed by atoms with Gasteiger partial charge in [-0.3, -0.25) is 4.79 Å². The van der Waals surface area contributed by atoms with Crippen LogP contribution in [0, 0.1) is 5.92 Å². The minimum atomic E-state index is 0. The summed E-state index contributed by atoms with van der Waals surface area (Å²) in [6, 6.07) is 4.00. The molecule has 1 amide bonds. The van der Waals surface area contributed by atoms with E-state index >= 15 is 0 Å². The maximum atomic E-state index is 12.0. The Labute approximate surface area is 135 Å². The molecule has 0 bridgehead atoms. The van der Waals surface area contributed by atoms with E-state index in [1.807, 2.05) is 12.1 Å². The summed E-state index contributed by atoms with van der Waals surface area (Å²) in [6.07, 6.45) is 3.71. The third-order valence-electron chi connectivity index (χ3n) is 3.62. The molecule has 1 aliphatic heterocycles. The van der Waals surface area contributed by atoms with E-state index in [9.17, 15) is 4.79 Å². The van der Waals surface area contributed by atoms with Gasteiger partial charge in [-0.05, 0) is 50.4 Å². The molecule has 2 unspecified atom stereocenters. The van der Waals surface area contributed by atoms with Crippen molar-refractivity contribution in [2.75, 3.05) is 13.1 Å². The molecular weight excluding hydrogens is 315 g/mol. The van der Waals surface area contributed by atoms with Gasteiger partial charge in [-0.15, -0.1) is 23.7 Å². The fourth-order valence-corrected chi connectivity index (χ4v) is 3.65. The van der Waals surface area contributed by atoms with Crippen molar-refractivity contribution < 1.29 is 4.79 Å². The molecule has 1 aliphatic rings. The van der Waals surface area contributed by atoms with Crippen LogP contribution in [0.2, 0.25) is 4.34 Å². The standard InChI is InChI=1S/C14H21ClN2OS.ClH/c1-2-11(12-4-5-13(15)19-12)17-14(18)6-3-10-7-8-16-9-10;/h4-5,10-11,16H,2-3,6-9H2,1H3,(H,17,18);1H. The highest BCUT2D eigenvalue weighted by Crippen LogP contribution is 2.28. The number of hydrogen-bond acceptors (Lipinski definition) is 3. The minimum Gasteiger partial charge on any atom is -0.348 e. The quantitative estimate of drug-likeness (QED) is 0.829. The summed E-state index contributed by atoms with van der Waals surface area (Å²) < 4.78 is 0.778. The minimum absolute atomic E-state index is 0. The topological polar surface area (TPSA) is 41.1 Å². The van der Waals surface area contributed by atoms with E-state index in [1.54, 1.807) is 11.3 Å². The van der Waals surface area contributed by atoms with Gasteiger partial charge in [0, 0.05) is 11.3 Å². The molecule has 1 saturated heterocycles. The lowest BCUT2D eigenvalue weighted by atomic mass is 10.0. The van der Waals surface area contributed by atoms with Crippen LogP contribution >= 0.6 is 35.3 Å². The molecular formula is C14H22Cl2N2OS. The molecule has 1 aromatic rings. The second kappa shape index (κ2) is 8.88. The fourth-order valence-electron chi connectivity index (χ4n) is 2.45. The smallest absolute Gasteiger partial charge is 0.220 e. The first-order valence-corrected chi connectivity index (χ1v) is 8.13. The lowest BCUT2D eigenvalue weighted by Gasteiger charge is -2.16. The van der Waals surface area contributed by atoms with E-state index in [-0.39, 0.29) is 24.4 Å². The third kappa shape index (κ3) is 5.24. The van der Waals surface area contributed by atoms with Gasteiger partial charge in [0.25, 0.3) is 0 Å². The molecule has 3 nitrogen and oxygen atoms in total. The van der Waals surface area contributed by atoms with Crippen LogP contribution in [0.4, 0.5) is 0 Å². The van der Waals surface area contributed by atoms with Gasteiger partial charge in [0.15, 0.2) is 0 Å². The largest absolute Gasteiger partial charge is 0.348 e. The number of carbonyl (C=O) groups excluding carboxylic acids is 1. The molecule has 2 atom stereocenters. The summed E-state index contributed by atoms with van der Waals surface area (Å²) in [4.78, 5) is 13.1. The van der Waals surface area contributed by atoms with Crippen molar-refractivity contribution in [3.8, 4) is 0 Å². The van der Waals surface area contributed by atoms with Crippen LogP contribution in [0.5, 0.6) is 0 Å². The summed E-state index contributed by atoms with van der Waals surface area (Å²) >= 11 is 7.49. The molecule has 2 rings (SSSR count). The SMILES string of the molecule is CCC(NC(=O)CCC1CCNC1)c1ccc(Cl)s1.Cl. The Kier molecular flexibility index (Phi) is 7.88. The Bertz CT molecular complexity index is 419. The molecule has 0 aliphatic carbocycles. The van der Waals surface area contributed by atoms with E-state index in [1.165, 1.54) is 6.42 Å². The van der Waals surface area contributed by atoms with Gasteiger partial charge in [-0.25, -0.2) is 0 Å². The summed E-state index contributed by atoms with van der Waals surface area (Å²) in [5.74, 6) is 0.824. The molecule has 2 heterocycles. The summed E-state index contributed by atoms with van der Waals surface area (Å²) in [5.41, 5.74) is 0. The molecule has 20 heavy (non-hydrogen) atoms. The predicted octanol–water partition coefficient (Wildman–Crippen LogP) is 3.78. The van der Waals surface area contributed by atoms with E-state index in [0.717, 1.165) is 35.1 Å². The van der Waals surface area contributed by atoms with Crippen LogP contribution in [0.1, 0.15) is 43.5 Å². The molecule has 114 valence electrons. The number of rotatable bonds is 6. The second-order valence-corrected chi connectivity index (χ2v) is 6.81. The maximum absolute atomic E-state index is 12.0. The van der Waals surface area contributed by atoms with Crippen LogP contribution in [-0.2, 0) is 4.79 Å². The van der Waals surface area contributed by atoms with Crippen LogP contribution in [0.25, 0.3) is 0 Å². The Morgan fingerprint density at radius 3 is 2.95 bits per heavy atom. The third-order valence-corrected chi connectivity index (χ3v) is 4.97. The average Bonchev–Trinajstić information content (AvgIpc) is 3.04. The molecule has 6 heteroatoms. The monoisotopic (exact) mass is 336 g/mol. The molecule has 0 aromatic carbocycles. The molecule has 0 saturated carbocycles. The van der Waals surface area contributed by atoms with Crippen molar-refractivity contribution in [3.63, 3.8) is 0 Å². The van der Waals surface area contributed by atoms with E-state index in [4.69, 9.17) is 11.6 Å². The summed E-state index contributed by atoms with van der Waals surface area (Å²) in [5, 5.41) is 6.44. The molecule has 1 fully saturated rings. The number of nitrogens with one attached hydrogen (secondary N) is 2. The first-order valence-electron chi connectivity index (χ1n) is 6.94. The summed E-state index contributed by atoms with van der Waals surface area (Å²) in [6.45, 7) is 4.24. The van der Waals surface area contributed by atoms with Gasteiger partial charge in [0.1, 0.15) is 0 Å². The van der Waals surface area contributed by atoms with Crippen molar-refractivity contribution in [2.24, 2.45) is 5.92 Å². The number of amides is 1. The van der Waals surface area contributed by atoms with Gasteiger partial charge >= 0.3 is 0 Å². The van der Waals surface area contributed by atoms with Crippen molar-refractivity contribution in [3.05, 3.63) is 21.3 Å². The molecule has 2 N–H and O–H groups in total. The average molecular weight is 337 g/mol. The zero-order valence-electron chi connectivity index (χ0n) is 11.7. The van der Waals surface area contributed by atoms with Crippen molar-refractivity contribution in [1.29, 1.82) is 0 Å². The van der Waals surface area contributed by atoms with Crippen molar-refractivity contribution >= 4 is 41.3 Å². The second-order valence-electron chi connectivity index (χ2n) is 5.07. The Hall–Kier alpha value is -0.290. The van der Waals surface area contributed by atoms with Crippen LogP contribution in [0.15, 0.2) is 12.1 Å². The van der Waals surface area contributed by atoms with Crippen molar-refractivity contribution in [2.45, 2.75) is 38.6 Å². The van der Waals surface area contributed by atoms with Crippen LogP contribution < -0.4 is 10.6 Å². The number of carbonyl (C=O) groups is 1. The maximum Gasteiger partial charge on any atom is 0.220 e. The first kappa shape index (κ1) is 17.8. The highest BCUT2D eigenvalue weighted by molar-refractivity contribution is 7.16. The highest BCUT2D eigenvalue weighted by Gasteiger charge is 2.18. The number of thiophene rings is 1. The van der Waals surface area contributed by atoms with Crippen LogP contribution in [0.3, 0.4) is 0 Å². The van der Waals surface area contributed by atoms with Gasteiger partial charge in [-0.1, -0.05) is 18.5 Å². The van der Waals surface area contributed by atoms with Gasteiger partial charge in [0.05, 0.1) is 10.4 Å². The lowest BCUT2D eigenvalue weighted by molar-refractivity contribution is -0.122. The van der Waals surface area contributed by atoms with Gasteiger partial charge in [-0.2, -0.15) is 0 Å². The van der Waals surface area contributed by atoms with E-state index < -0.39 is 0 Å².